The lowest BCUT2D eigenvalue weighted by Gasteiger charge is -2.11. The minimum Gasteiger partial charge on any atom is -0.387 e. The Balaban J connectivity index is 3.19. The van der Waals surface area contributed by atoms with Crippen molar-refractivity contribution in [1.29, 1.82) is 0 Å². The van der Waals surface area contributed by atoms with Crippen LogP contribution in [0.1, 0.15) is 64.2 Å². The summed E-state index contributed by atoms with van der Waals surface area (Å²) >= 11 is 0. The molecule has 0 aromatic rings. The molecule has 0 saturated carbocycles. The van der Waals surface area contributed by atoms with E-state index in [0.717, 1.165) is 38.5 Å². The van der Waals surface area contributed by atoms with Crippen molar-refractivity contribution in [3.8, 4) is 0 Å². The Morgan fingerprint density at radius 1 is 0.739 bits per heavy atom. The topological polar surface area (TPSA) is 119 Å². The molecule has 0 aliphatic rings. The molecule has 0 rings (SSSR count). The highest BCUT2D eigenvalue weighted by atomic mass is 16.3. The zero-order valence-corrected chi connectivity index (χ0v) is 13.9. The van der Waals surface area contributed by atoms with Gasteiger partial charge < -0.3 is 26.0 Å². The quantitative estimate of drug-likeness (QED) is 0.220. The maximum Gasteiger partial charge on any atom is 0.247 e. The summed E-state index contributed by atoms with van der Waals surface area (Å²) in [6.45, 7) is -0.399. The van der Waals surface area contributed by atoms with Gasteiger partial charge in [0.2, 0.25) is 11.8 Å². The van der Waals surface area contributed by atoms with Gasteiger partial charge in [0.25, 0.3) is 0 Å². The molecule has 0 aromatic carbocycles. The van der Waals surface area contributed by atoms with Crippen molar-refractivity contribution in [2.45, 2.75) is 70.4 Å². The van der Waals surface area contributed by atoms with E-state index in [1.54, 1.807) is 0 Å². The molecule has 0 bridgehead atoms. The van der Waals surface area contributed by atoms with Crippen molar-refractivity contribution in [3.63, 3.8) is 0 Å². The summed E-state index contributed by atoms with van der Waals surface area (Å²) in [7, 11) is 0. The average molecular weight is 332 g/mol. The van der Waals surface area contributed by atoms with Crippen LogP contribution >= 0.6 is 0 Å². The lowest BCUT2D eigenvalue weighted by Crippen LogP contribution is -2.36. The van der Waals surface area contributed by atoms with Crippen molar-refractivity contribution in [2.24, 2.45) is 0 Å². The van der Waals surface area contributed by atoms with E-state index < -0.39 is 25.3 Å². The fraction of sp³-hybridized carbons (Fsp3) is 0.875. The Bertz CT molecular complexity index is 313. The fourth-order valence-corrected chi connectivity index (χ4v) is 2.29. The Morgan fingerprint density at radius 2 is 1.22 bits per heavy atom. The average Bonchev–Trinajstić information content (AvgIpc) is 2.55. The van der Waals surface area contributed by atoms with Gasteiger partial charge in [-0.25, -0.2) is 0 Å². The van der Waals surface area contributed by atoms with E-state index in [1.165, 1.54) is 19.3 Å². The Labute approximate surface area is 138 Å². The first kappa shape index (κ1) is 21.8. The molecule has 5 N–H and O–H groups in total. The minimum atomic E-state index is -0.860. The molecule has 7 nitrogen and oxygen atoms in total. The monoisotopic (exact) mass is 332 g/mol. The van der Waals surface area contributed by atoms with Crippen LogP contribution in [0, 0.1) is 0 Å². The number of nitrogens with one attached hydrogen (secondary N) is 2. The van der Waals surface area contributed by atoms with Crippen LogP contribution in [-0.4, -0.2) is 53.1 Å². The summed E-state index contributed by atoms with van der Waals surface area (Å²) in [5.41, 5.74) is 0. The first-order valence-electron chi connectivity index (χ1n) is 8.56. The normalized spacial score (nSPS) is 12.0. The molecule has 23 heavy (non-hydrogen) atoms. The van der Waals surface area contributed by atoms with Crippen molar-refractivity contribution in [3.05, 3.63) is 0 Å². The van der Waals surface area contributed by atoms with E-state index >= 15 is 0 Å². The van der Waals surface area contributed by atoms with Crippen LogP contribution in [-0.2, 0) is 9.59 Å². The molecule has 1 atom stereocenters. The highest BCUT2D eigenvalue weighted by molar-refractivity contribution is 5.77. The Hall–Kier alpha value is -1.18. The van der Waals surface area contributed by atoms with Gasteiger partial charge >= 0.3 is 0 Å². The molecule has 136 valence electrons. The fourth-order valence-electron chi connectivity index (χ4n) is 2.29. The van der Waals surface area contributed by atoms with Gasteiger partial charge in [-0.1, -0.05) is 44.9 Å². The van der Waals surface area contributed by atoms with Crippen LogP contribution in [0.4, 0.5) is 0 Å². The SMILES string of the molecule is O=C(CO)NCCCCCCCCCCCC(O)NC(=O)CO. The Kier molecular flexibility index (Phi) is 14.9. The summed E-state index contributed by atoms with van der Waals surface area (Å²) in [6.07, 6.45) is 9.39. The van der Waals surface area contributed by atoms with Crippen LogP contribution in [0.25, 0.3) is 0 Å². The maximum atomic E-state index is 10.8. The van der Waals surface area contributed by atoms with Crippen LogP contribution in [0.5, 0.6) is 0 Å². The summed E-state index contributed by atoms with van der Waals surface area (Å²) in [6, 6.07) is 0. The molecule has 0 radical (unpaired) electrons. The number of carbonyl (C=O) groups excluding carboxylic acids is 2. The van der Waals surface area contributed by atoms with E-state index in [1.807, 2.05) is 0 Å². The van der Waals surface area contributed by atoms with Gasteiger partial charge in [0.15, 0.2) is 0 Å². The molecule has 0 aromatic heterocycles. The second-order valence-corrected chi connectivity index (χ2v) is 5.72. The smallest absolute Gasteiger partial charge is 0.247 e. The number of amides is 2. The molecule has 0 aliphatic carbocycles. The maximum absolute atomic E-state index is 10.8. The summed E-state index contributed by atoms with van der Waals surface area (Å²) in [5.74, 6) is -0.862. The molecule has 0 heterocycles. The largest absolute Gasteiger partial charge is 0.387 e. The van der Waals surface area contributed by atoms with Crippen molar-refractivity contribution >= 4 is 11.8 Å². The van der Waals surface area contributed by atoms with Crippen LogP contribution in [0.15, 0.2) is 0 Å². The van der Waals surface area contributed by atoms with Gasteiger partial charge in [-0.15, -0.1) is 0 Å². The van der Waals surface area contributed by atoms with E-state index in [0.29, 0.717) is 13.0 Å². The molecule has 0 spiro atoms. The highest BCUT2D eigenvalue weighted by Gasteiger charge is 2.06. The van der Waals surface area contributed by atoms with Crippen LogP contribution in [0.3, 0.4) is 0 Å². The number of aliphatic hydroxyl groups excluding tert-OH is 3. The molecule has 7 heteroatoms. The van der Waals surface area contributed by atoms with Gasteiger partial charge in [0.05, 0.1) is 0 Å². The molecule has 2 amide bonds. The predicted molar refractivity (Wildman–Crippen MR) is 87.5 cm³/mol. The highest BCUT2D eigenvalue weighted by Crippen LogP contribution is 2.11. The van der Waals surface area contributed by atoms with Gasteiger partial charge in [0, 0.05) is 6.54 Å². The second kappa shape index (κ2) is 15.7. The molecule has 1 unspecified atom stereocenters. The summed E-state index contributed by atoms with van der Waals surface area (Å²) in [5, 5.41) is 31.4. The van der Waals surface area contributed by atoms with Gasteiger partial charge in [-0.2, -0.15) is 0 Å². The summed E-state index contributed by atoms with van der Waals surface area (Å²) in [4.78, 5) is 21.6. The second-order valence-electron chi connectivity index (χ2n) is 5.72. The van der Waals surface area contributed by atoms with Crippen molar-refractivity contribution in [1.82, 2.24) is 10.6 Å². The van der Waals surface area contributed by atoms with Crippen LogP contribution in [0.2, 0.25) is 0 Å². The van der Waals surface area contributed by atoms with Gasteiger partial charge in [0.1, 0.15) is 19.4 Å². The number of hydrogen-bond acceptors (Lipinski definition) is 5. The predicted octanol–water partition coefficient (Wildman–Crippen LogP) is 0.423. The third-order valence-electron chi connectivity index (χ3n) is 3.59. The molecule has 0 fully saturated rings. The molecular formula is C16H32N2O5. The third kappa shape index (κ3) is 15.5. The lowest BCUT2D eigenvalue weighted by molar-refractivity contribution is -0.127. The van der Waals surface area contributed by atoms with E-state index in [2.05, 4.69) is 10.6 Å². The van der Waals surface area contributed by atoms with Crippen molar-refractivity contribution in [2.75, 3.05) is 19.8 Å². The molecule has 0 saturated heterocycles. The molecule has 0 aliphatic heterocycles. The first-order chi connectivity index (χ1) is 11.1. The number of unbranched alkanes of at least 4 members (excludes halogenated alkanes) is 8. The number of rotatable bonds is 15. The van der Waals surface area contributed by atoms with E-state index in [9.17, 15) is 14.7 Å². The zero-order valence-electron chi connectivity index (χ0n) is 13.9. The molecular weight excluding hydrogens is 300 g/mol. The number of aliphatic hydroxyl groups is 3. The van der Waals surface area contributed by atoms with Gasteiger partial charge in [-0.05, 0) is 19.3 Å². The van der Waals surface area contributed by atoms with E-state index in [4.69, 9.17) is 10.2 Å². The number of hydrogen-bond donors (Lipinski definition) is 5. The first-order valence-corrected chi connectivity index (χ1v) is 8.56. The zero-order chi connectivity index (χ0) is 17.3. The standard InChI is InChI=1S/C16H32N2O5/c19-12-15(22)17-11-9-7-5-3-1-2-4-6-8-10-14(21)18-16(23)13-20/h14,19-21H,1-13H2,(H,17,22)(H,18,23). The number of carbonyl (C=O) groups is 2. The van der Waals surface area contributed by atoms with Gasteiger partial charge in [-0.3, -0.25) is 9.59 Å². The third-order valence-corrected chi connectivity index (χ3v) is 3.59. The Morgan fingerprint density at radius 3 is 1.74 bits per heavy atom. The lowest BCUT2D eigenvalue weighted by atomic mass is 10.1. The minimum absolute atomic E-state index is 0.314. The summed E-state index contributed by atoms with van der Waals surface area (Å²) < 4.78 is 0. The van der Waals surface area contributed by atoms with E-state index in [-0.39, 0.29) is 5.91 Å². The van der Waals surface area contributed by atoms with Crippen LogP contribution < -0.4 is 10.6 Å². The van der Waals surface area contributed by atoms with Crippen molar-refractivity contribution < 1.29 is 24.9 Å².